The largest absolute Gasteiger partial charge is 0.473 e. The van der Waals surface area contributed by atoms with Crippen LogP contribution in [0.15, 0.2) is 12.4 Å². The van der Waals surface area contributed by atoms with Crippen molar-refractivity contribution < 1.29 is 4.74 Å². The fourth-order valence-corrected chi connectivity index (χ4v) is 1.36. The molecule has 0 radical (unpaired) electrons. The van der Waals surface area contributed by atoms with Gasteiger partial charge < -0.3 is 10.5 Å². The number of aromatic nitrogens is 4. The summed E-state index contributed by atoms with van der Waals surface area (Å²) in [6.45, 7) is 6.26. The first-order valence-corrected chi connectivity index (χ1v) is 5.61. The van der Waals surface area contributed by atoms with E-state index in [2.05, 4.69) is 15.2 Å². The highest BCUT2D eigenvalue weighted by molar-refractivity contribution is 5.48. The van der Waals surface area contributed by atoms with Crippen molar-refractivity contribution in [2.75, 3.05) is 6.61 Å². The van der Waals surface area contributed by atoms with Gasteiger partial charge in [0.1, 0.15) is 12.4 Å². The van der Waals surface area contributed by atoms with E-state index >= 15 is 0 Å². The molecule has 0 aliphatic rings. The first-order valence-electron chi connectivity index (χ1n) is 5.61. The predicted octanol–water partition coefficient (Wildman–Crippen LogP) is 0.939. The lowest BCUT2D eigenvalue weighted by atomic mass is 10.0. The van der Waals surface area contributed by atoms with E-state index in [0.717, 1.165) is 12.2 Å². The lowest BCUT2D eigenvalue weighted by Gasteiger charge is -2.22. The summed E-state index contributed by atoms with van der Waals surface area (Å²) in [7, 11) is 0. The summed E-state index contributed by atoms with van der Waals surface area (Å²) < 4.78 is 7.46. The number of fused-ring (bicyclic) bond motifs is 1. The summed E-state index contributed by atoms with van der Waals surface area (Å²) in [6.07, 6.45) is 4.30. The molecule has 0 fully saturated rings. The van der Waals surface area contributed by atoms with Gasteiger partial charge in [-0.15, -0.1) is 10.2 Å². The molecule has 0 aromatic carbocycles. The lowest BCUT2D eigenvalue weighted by molar-refractivity contribution is 0.220. The monoisotopic (exact) mass is 235 g/mol. The van der Waals surface area contributed by atoms with Crippen LogP contribution < -0.4 is 10.5 Å². The van der Waals surface area contributed by atoms with E-state index in [9.17, 15) is 0 Å². The molecule has 2 aromatic heterocycles. The van der Waals surface area contributed by atoms with E-state index < -0.39 is 0 Å². The van der Waals surface area contributed by atoms with Crippen LogP contribution in [0.4, 0.5) is 0 Å². The Bertz CT molecular complexity index is 520. The highest BCUT2D eigenvalue weighted by Crippen LogP contribution is 2.16. The van der Waals surface area contributed by atoms with E-state index in [1.54, 1.807) is 12.4 Å². The lowest BCUT2D eigenvalue weighted by Crippen LogP contribution is -2.41. The van der Waals surface area contributed by atoms with Gasteiger partial charge in [0, 0.05) is 17.9 Å². The maximum Gasteiger partial charge on any atom is 0.260 e. The van der Waals surface area contributed by atoms with Crippen LogP contribution in [0.25, 0.3) is 5.65 Å². The number of nitrogens with two attached hydrogens (primary N) is 1. The van der Waals surface area contributed by atoms with Crippen molar-refractivity contribution in [1.82, 2.24) is 19.6 Å². The minimum absolute atomic E-state index is 0.358. The summed E-state index contributed by atoms with van der Waals surface area (Å²) in [4.78, 5) is 4.16. The highest BCUT2D eigenvalue weighted by Gasteiger charge is 2.18. The molecule has 0 bridgehead atoms. The van der Waals surface area contributed by atoms with Gasteiger partial charge in [0.05, 0.1) is 0 Å². The summed E-state index contributed by atoms with van der Waals surface area (Å²) in [6, 6.07) is 0. The Labute approximate surface area is 99.8 Å². The molecular weight excluding hydrogens is 218 g/mol. The molecule has 6 heteroatoms. The Morgan fingerprint density at radius 3 is 2.94 bits per heavy atom. The minimum atomic E-state index is -0.358. The van der Waals surface area contributed by atoms with Crippen LogP contribution in [-0.4, -0.2) is 31.7 Å². The first-order chi connectivity index (χ1) is 8.03. The number of nitrogens with zero attached hydrogens (tertiary/aromatic N) is 4. The van der Waals surface area contributed by atoms with Crippen LogP contribution in [0.3, 0.4) is 0 Å². The number of hydrogen-bond acceptors (Lipinski definition) is 5. The van der Waals surface area contributed by atoms with Gasteiger partial charge in [-0.1, -0.05) is 6.92 Å². The molecule has 2 rings (SSSR count). The Morgan fingerprint density at radius 2 is 2.24 bits per heavy atom. The van der Waals surface area contributed by atoms with Crippen molar-refractivity contribution in [2.24, 2.45) is 5.73 Å². The molecule has 92 valence electrons. The van der Waals surface area contributed by atoms with Gasteiger partial charge in [0.15, 0.2) is 0 Å². The zero-order valence-corrected chi connectivity index (χ0v) is 10.3. The average molecular weight is 235 g/mol. The molecule has 0 amide bonds. The van der Waals surface area contributed by atoms with E-state index in [4.69, 9.17) is 10.5 Å². The molecule has 0 saturated heterocycles. The van der Waals surface area contributed by atoms with Crippen molar-refractivity contribution in [3.63, 3.8) is 0 Å². The molecule has 0 aliphatic carbocycles. The van der Waals surface area contributed by atoms with Crippen LogP contribution in [-0.2, 0) is 0 Å². The number of hydrogen-bond donors (Lipinski definition) is 1. The molecule has 2 aromatic rings. The van der Waals surface area contributed by atoms with Crippen LogP contribution in [0.5, 0.6) is 5.88 Å². The Balaban J connectivity index is 2.25. The van der Waals surface area contributed by atoms with Crippen molar-refractivity contribution in [3.8, 4) is 5.88 Å². The second-order valence-electron chi connectivity index (χ2n) is 4.47. The third-order valence-corrected chi connectivity index (χ3v) is 2.81. The fourth-order valence-electron chi connectivity index (χ4n) is 1.36. The predicted molar refractivity (Wildman–Crippen MR) is 63.9 cm³/mol. The third-order valence-electron chi connectivity index (χ3n) is 2.81. The summed E-state index contributed by atoms with van der Waals surface area (Å²) >= 11 is 0. The van der Waals surface area contributed by atoms with Gasteiger partial charge in [0.25, 0.3) is 5.88 Å². The van der Waals surface area contributed by atoms with E-state index in [1.165, 1.54) is 0 Å². The Kier molecular flexibility index (Phi) is 2.97. The van der Waals surface area contributed by atoms with Crippen molar-refractivity contribution in [3.05, 3.63) is 18.2 Å². The van der Waals surface area contributed by atoms with Crippen LogP contribution in [0, 0.1) is 6.92 Å². The van der Waals surface area contributed by atoms with E-state index in [-0.39, 0.29) is 5.54 Å². The summed E-state index contributed by atoms with van der Waals surface area (Å²) in [5.41, 5.74) is 6.28. The van der Waals surface area contributed by atoms with Crippen molar-refractivity contribution in [1.29, 1.82) is 0 Å². The van der Waals surface area contributed by atoms with Crippen molar-refractivity contribution >= 4 is 5.65 Å². The number of ether oxygens (including phenoxy) is 1. The Hall–Kier alpha value is -1.69. The molecule has 0 spiro atoms. The normalized spacial score (nSPS) is 14.8. The van der Waals surface area contributed by atoms with Gasteiger partial charge in [-0.3, -0.25) is 4.40 Å². The minimum Gasteiger partial charge on any atom is -0.473 e. The average Bonchev–Trinajstić information content (AvgIpc) is 2.70. The summed E-state index contributed by atoms with van der Waals surface area (Å²) in [5.74, 6) is 1.27. The molecule has 2 heterocycles. The number of rotatable bonds is 4. The second kappa shape index (κ2) is 4.29. The van der Waals surface area contributed by atoms with Crippen LogP contribution in [0.2, 0.25) is 0 Å². The third kappa shape index (κ3) is 2.36. The van der Waals surface area contributed by atoms with Crippen LogP contribution >= 0.6 is 0 Å². The van der Waals surface area contributed by atoms with Crippen LogP contribution in [0.1, 0.15) is 26.1 Å². The topological polar surface area (TPSA) is 78.3 Å². The molecular formula is C11H17N5O. The molecule has 1 unspecified atom stereocenters. The number of aryl methyl sites for hydroxylation is 1. The smallest absolute Gasteiger partial charge is 0.260 e. The maximum atomic E-state index is 6.02. The zero-order valence-electron chi connectivity index (χ0n) is 10.3. The van der Waals surface area contributed by atoms with Gasteiger partial charge in [-0.05, 0) is 20.3 Å². The molecule has 17 heavy (non-hydrogen) atoms. The second-order valence-corrected chi connectivity index (χ2v) is 4.47. The van der Waals surface area contributed by atoms with Gasteiger partial charge in [0.2, 0.25) is 5.65 Å². The molecule has 0 aliphatic heterocycles. The SMILES string of the molecule is CCC(C)(N)COc1nccn2c(C)nnc12. The quantitative estimate of drug-likeness (QED) is 0.853. The van der Waals surface area contributed by atoms with Crippen molar-refractivity contribution in [2.45, 2.75) is 32.7 Å². The molecule has 2 N–H and O–H groups in total. The van der Waals surface area contributed by atoms with E-state index in [0.29, 0.717) is 18.1 Å². The fraction of sp³-hybridized carbons (Fsp3) is 0.545. The Morgan fingerprint density at radius 1 is 1.47 bits per heavy atom. The molecule has 6 nitrogen and oxygen atoms in total. The molecule has 0 saturated carbocycles. The van der Waals surface area contributed by atoms with Gasteiger partial charge >= 0.3 is 0 Å². The standard InChI is InChI=1S/C11H17N5O/c1-4-11(3,12)7-17-10-9-15-14-8(2)16(9)6-5-13-10/h5-6H,4,7,12H2,1-3H3. The zero-order chi connectivity index (χ0) is 12.5. The molecule has 1 atom stereocenters. The van der Waals surface area contributed by atoms with Gasteiger partial charge in [-0.25, -0.2) is 4.98 Å². The maximum absolute atomic E-state index is 6.02. The first kappa shape index (κ1) is 11.8. The highest BCUT2D eigenvalue weighted by atomic mass is 16.5. The summed E-state index contributed by atoms with van der Waals surface area (Å²) in [5, 5.41) is 8.01. The van der Waals surface area contributed by atoms with E-state index in [1.807, 2.05) is 25.2 Å². The van der Waals surface area contributed by atoms with Gasteiger partial charge in [-0.2, -0.15) is 0 Å².